The molecule has 8 heteroatoms. The highest BCUT2D eigenvalue weighted by Gasteiger charge is 2.29. The van der Waals surface area contributed by atoms with Gasteiger partial charge in [-0.2, -0.15) is 10.2 Å². The van der Waals surface area contributed by atoms with Gasteiger partial charge in [0.25, 0.3) is 5.91 Å². The van der Waals surface area contributed by atoms with Gasteiger partial charge in [-0.25, -0.2) is 0 Å². The molecule has 2 aliphatic rings. The summed E-state index contributed by atoms with van der Waals surface area (Å²) < 4.78 is 15.0. The van der Waals surface area contributed by atoms with Crippen molar-refractivity contribution < 1.29 is 14.3 Å². The molecule has 0 N–H and O–H groups in total. The Morgan fingerprint density at radius 1 is 1.33 bits per heavy atom. The molecule has 1 atom stereocenters. The van der Waals surface area contributed by atoms with Crippen LogP contribution >= 0.6 is 0 Å². The minimum atomic E-state index is -0.0313. The molecule has 2 aliphatic heterocycles. The summed E-state index contributed by atoms with van der Waals surface area (Å²) in [5, 5.41) is 8.71. The Kier molecular flexibility index (Phi) is 5.54. The van der Waals surface area contributed by atoms with E-state index in [4.69, 9.17) is 9.47 Å². The molecule has 1 fully saturated rings. The molecule has 2 aromatic heterocycles. The summed E-state index contributed by atoms with van der Waals surface area (Å²) >= 11 is 0. The summed E-state index contributed by atoms with van der Waals surface area (Å²) in [7, 11) is 1.82. The van der Waals surface area contributed by atoms with Crippen LogP contribution < -0.4 is 0 Å². The Morgan fingerprint density at radius 2 is 2.19 bits per heavy atom. The van der Waals surface area contributed by atoms with Gasteiger partial charge in [0.2, 0.25) is 0 Å². The Balaban J connectivity index is 1.34. The predicted octanol–water partition coefficient (Wildman–Crippen LogP) is 1.65. The van der Waals surface area contributed by atoms with Crippen molar-refractivity contribution in [2.45, 2.75) is 31.8 Å². The molecule has 8 nitrogen and oxygen atoms in total. The average molecular weight is 373 g/mol. The molecule has 1 saturated heterocycles. The molecule has 146 valence electrons. The summed E-state index contributed by atoms with van der Waals surface area (Å²) in [4.78, 5) is 14.7. The van der Waals surface area contributed by atoms with Gasteiger partial charge in [-0.15, -0.1) is 0 Å². The number of amides is 1. The third-order valence-electron chi connectivity index (χ3n) is 5.39. The van der Waals surface area contributed by atoms with Gasteiger partial charge in [0, 0.05) is 52.4 Å². The fourth-order valence-corrected chi connectivity index (χ4v) is 3.83. The Labute approximate surface area is 159 Å². The Morgan fingerprint density at radius 3 is 2.96 bits per heavy atom. The third-order valence-corrected chi connectivity index (χ3v) is 5.39. The van der Waals surface area contributed by atoms with Crippen LogP contribution in [-0.2, 0) is 23.1 Å². The monoisotopic (exact) mass is 373 g/mol. The van der Waals surface area contributed by atoms with Gasteiger partial charge in [-0.3, -0.25) is 14.2 Å². The van der Waals surface area contributed by atoms with Crippen molar-refractivity contribution in [3.63, 3.8) is 0 Å². The Bertz CT molecular complexity index is 765. The highest BCUT2D eigenvalue weighted by atomic mass is 16.5. The highest BCUT2D eigenvalue weighted by Crippen LogP contribution is 2.24. The van der Waals surface area contributed by atoms with E-state index in [0.29, 0.717) is 31.3 Å². The number of carbonyl (C=O) groups is 1. The smallest absolute Gasteiger partial charge is 0.274 e. The zero-order valence-corrected chi connectivity index (χ0v) is 15.8. The van der Waals surface area contributed by atoms with Crippen molar-refractivity contribution in [2.75, 3.05) is 33.0 Å². The molecule has 0 radical (unpaired) electrons. The van der Waals surface area contributed by atoms with E-state index in [1.807, 2.05) is 22.7 Å². The van der Waals surface area contributed by atoms with Gasteiger partial charge in [0.15, 0.2) is 0 Å². The van der Waals surface area contributed by atoms with Crippen molar-refractivity contribution >= 4 is 5.91 Å². The van der Waals surface area contributed by atoms with Crippen molar-refractivity contribution in [3.8, 4) is 0 Å². The van der Waals surface area contributed by atoms with E-state index < -0.39 is 0 Å². The van der Waals surface area contributed by atoms with Gasteiger partial charge in [0.1, 0.15) is 5.69 Å². The summed E-state index contributed by atoms with van der Waals surface area (Å²) in [6.45, 7) is 4.35. The topological polar surface area (TPSA) is 74.4 Å². The van der Waals surface area contributed by atoms with Crippen molar-refractivity contribution in [1.29, 1.82) is 0 Å². The number of carbonyl (C=O) groups excluding carboxylic acids is 1. The Hall–Kier alpha value is -2.19. The second-order valence-electron chi connectivity index (χ2n) is 7.40. The zero-order chi connectivity index (χ0) is 18.6. The lowest BCUT2D eigenvalue weighted by Gasteiger charge is -2.33. The number of rotatable bonds is 6. The van der Waals surface area contributed by atoms with E-state index in [1.165, 1.54) is 0 Å². The normalized spacial score (nSPS) is 20.6. The van der Waals surface area contributed by atoms with Crippen molar-refractivity contribution in [2.24, 2.45) is 13.0 Å². The molecule has 0 aromatic carbocycles. The first kappa shape index (κ1) is 18.2. The first-order chi connectivity index (χ1) is 13.2. The summed E-state index contributed by atoms with van der Waals surface area (Å²) in [5.41, 5.74) is 1.54. The number of hydrogen-bond donors (Lipinski definition) is 0. The molecular weight excluding hydrogens is 346 g/mol. The fraction of sp³-hybridized carbons (Fsp3) is 0.632. The molecule has 4 heterocycles. The van der Waals surface area contributed by atoms with Crippen LogP contribution in [0.2, 0.25) is 0 Å². The van der Waals surface area contributed by atoms with Crippen LogP contribution in [0, 0.1) is 5.92 Å². The average Bonchev–Trinajstić information content (AvgIpc) is 3.34. The lowest BCUT2D eigenvalue weighted by Crippen LogP contribution is -2.41. The van der Waals surface area contributed by atoms with Crippen LogP contribution in [0.25, 0.3) is 0 Å². The summed E-state index contributed by atoms with van der Waals surface area (Å²) in [5.74, 6) is 0.573. The molecule has 1 amide bonds. The van der Waals surface area contributed by atoms with E-state index in [9.17, 15) is 4.79 Å². The van der Waals surface area contributed by atoms with E-state index in [0.717, 1.165) is 44.8 Å². The predicted molar refractivity (Wildman–Crippen MR) is 98.2 cm³/mol. The largest absolute Gasteiger partial charge is 0.381 e. The maximum absolute atomic E-state index is 12.8. The standard InChI is InChI=1S/C19H27N5O3/c1-22-8-3-18(21-22)19(25)23-12-16-2-7-20-24(16)17(13-23)6-11-27-14-15-4-9-26-10-5-15/h2-3,7-8,15,17H,4-6,9-14H2,1H3. The quantitative estimate of drug-likeness (QED) is 0.720. The number of fused-ring (bicyclic) bond motifs is 1. The molecular formula is C19H27N5O3. The second kappa shape index (κ2) is 8.22. The molecule has 0 bridgehead atoms. The molecule has 1 unspecified atom stereocenters. The van der Waals surface area contributed by atoms with Gasteiger partial charge in [-0.05, 0) is 37.3 Å². The first-order valence-corrected chi connectivity index (χ1v) is 9.67. The molecule has 4 rings (SSSR count). The van der Waals surface area contributed by atoms with Gasteiger partial charge in [0.05, 0.1) is 18.3 Å². The van der Waals surface area contributed by atoms with Crippen LogP contribution in [0.5, 0.6) is 0 Å². The highest BCUT2D eigenvalue weighted by molar-refractivity contribution is 5.92. The van der Waals surface area contributed by atoms with Crippen LogP contribution in [0.4, 0.5) is 0 Å². The maximum atomic E-state index is 12.8. The lowest BCUT2D eigenvalue weighted by atomic mass is 10.0. The van der Waals surface area contributed by atoms with E-state index in [-0.39, 0.29) is 11.9 Å². The molecule has 27 heavy (non-hydrogen) atoms. The molecule has 0 aliphatic carbocycles. The second-order valence-corrected chi connectivity index (χ2v) is 7.40. The first-order valence-electron chi connectivity index (χ1n) is 9.67. The molecule has 2 aromatic rings. The van der Waals surface area contributed by atoms with Crippen molar-refractivity contribution in [1.82, 2.24) is 24.5 Å². The van der Waals surface area contributed by atoms with Crippen molar-refractivity contribution in [3.05, 3.63) is 35.9 Å². The SMILES string of the molecule is Cn1ccc(C(=O)N2Cc3ccnn3C(CCOCC3CCOCC3)C2)n1. The van der Waals surface area contributed by atoms with Crippen LogP contribution in [0.3, 0.4) is 0 Å². The van der Waals surface area contributed by atoms with E-state index >= 15 is 0 Å². The number of nitrogens with zero attached hydrogens (tertiary/aromatic N) is 5. The van der Waals surface area contributed by atoms with Gasteiger partial charge < -0.3 is 14.4 Å². The number of aryl methyl sites for hydroxylation is 1. The molecule has 0 spiro atoms. The maximum Gasteiger partial charge on any atom is 0.274 e. The number of aromatic nitrogens is 4. The summed E-state index contributed by atoms with van der Waals surface area (Å²) in [6, 6.07) is 3.87. The van der Waals surface area contributed by atoms with Crippen LogP contribution in [0.1, 0.15) is 41.5 Å². The van der Waals surface area contributed by atoms with Gasteiger partial charge in [-0.1, -0.05) is 0 Å². The zero-order valence-electron chi connectivity index (χ0n) is 15.8. The summed E-state index contributed by atoms with van der Waals surface area (Å²) in [6.07, 6.45) is 6.60. The molecule has 0 saturated carbocycles. The van der Waals surface area contributed by atoms with Crippen LogP contribution in [-0.4, -0.2) is 63.3 Å². The third kappa shape index (κ3) is 4.22. The number of ether oxygens (including phenoxy) is 2. The fourth-order valence-electron chi connectivity index (χ4n) is 3.83. The van der Waals surface area contributed by atoms with E-state index in [2.05, 4.69) is 10.2 Å². The minimum absolute atomic E-state index is 0.0313. The minimum Gasteiger partial charge on any atom is -0.381 e. The number of hydrogen-bond acceptors (Lipinski definition) is 5. The lowest BCUT2D eigenvalue weighted by molar-refractivity contribution is 0.0156. The van der Waals surface area contributed by atoms with E-state index in [1.54, 1.807) is 23.1 Å². The van der Waals surface area contributed by atoms with Crippen LogP contribution in [0.15, 0.2) is 24.5 Å². The van der Waals surface area contributed by atoms with Gasteiger partial charge >= 0.3 is 0 Å².